The summed E-state index contributed by atoms with van der Waals surface area (Å²) in [5, 5.41) is 8.53. The molecule has 0 amide bonds. The molecule has 1 aromatic rings. The Labute approximate surface area is 70.2 Å². The minimum atomic E-state index is -0.991. The lowest BCUT2D eigenvalue weighted by molar-refractivity contribution is 0.0691. The third-order valence-corrected chi connectivity index (χ3v) is 1.40. The molecule has 1 heterocycles. The molecule has 64 valence electrons. The number of rotatable bonds is 3. The van der Waals surface area contributed by atoms with E-state index in [9.17, 15) is 4.79 Å². The van der Waals surface area contributed by atoms with Gasteiger partial charge in [-0.2, -0.15) is 0 Å². The summed E-state index contributed by atoms with van der Waals surface area (Å²) in [7, 11) is 0. The fourth-order valence-corrected chi connectivity index (χ4v) is 0.798. The molecule has 0 spiro atoms. The van der Waals surface area contributed by atoms with E-state index in [0.717, 1.165) is 0 Å². The van der Waals surface area contributed by atoms with Gasteiger partial charge in [-0.1, -0.05) is 12.2 Å². The Kier molecular flexibility index (Phi) is 2.63. The lowest BCUT2D eigenvalue weighted by atomic mass is 10.5. The highest BCUT2D eigenvalue weighted by molar-refractivity contribution is 5.84. The number of allylic oxidation sites excluding steroid dienone is 2. The molecule has 0 aliphatic heterocycles. The van der Waals surface area contributed by atoms with E-state index in [1.807, 2.05) is 19.1 Å². The Morgan fingerprint density at radius 3 is 3.08 bits per heavy atom. The van der Waals surface area contributed by atoms with Crippen LogP contribution in [-0.4, -0.2) is 20.6 Å². The Morgan fingerprint density at radius 1 is 1.83 bits per heavy atom. The van der Waals surface area contributed by atoms with Crippen molar-refractivity contribution in [3.8, 4) is 0 Å². The van der Waals surface area contributed by atoms with Crippen LogP contribution in [-0.2, 0) is 6.54 Å². The van der Waals surface area contributed by atoms with Gasteiger partial charge in [0.2, 0.25) is 0 Å². The number of aromatic nitrogens is 2. The van der Waals surface area contributed by atoms with Crippen LogP contribution >= 0.6 is 0 Å². The molecule has 0 saturated carbocycles. The number of carboxylic acid groups (broad SMARTS) is 1. The van der Waals surface area contributed by atoms with Crippen molar-refractivity contribution >= 4 is 5.97 Å². The zero-order chi connectivity index (χ0) is 8.97. The van der Waals surface area contributed by atoms with Crippen molar-refractivity contribution in [2.75, 3.05) is 0 Å². The Bertz CT molecular complexity index is 302. The van der Waals surface area contributed by atoms with Gasteiger partial charge >= 0.3 is 5.97 Å². The van der Waals surface area contributed by atoms with Gasteiger partial charge in [-0.25, -0.2) is 9.78 Å². The van der Waals surface area contributed by atoms with Crippen molar-refractivity contribution in [1.82, 2.24) is 9.55 Å². The van der Waals surface area contributed by atoms with E-state index in [4.69, 9.17) is 5.11 Å². The molecule has 4 nitrogen and oxygen atoms in total. The maximum absolute atomic E-state index is 10.4. The van der Waals surface area contributed by atoms with E-state index in [2.05, 4.69) is 4.98 Å². The van der Waals surface area contributed by atoms with Crippen LogP contribution in [0.1, 0.15) is 17.4 Å². The monoisotopic (exact) mass is 166 g/mol. The lowest BCUT2D eigenvalue weighted by Crippen LogP contribution is -1.96. The first-order valence-corrected chi connectivity index (χ1v) is 3.60. The fraction of sp³-hybridized carbons (Fsp3) is 0.250. The lowest BCUT2D eigenvalue weighted by Gasteiger charge is -1.91. The van der Waals surface area contributed by atoms with Crippen LogP contribution in [0.15, 0.2) is 24.7 Å². The molecule has 0 aromatic carbocycles. The second-order valence-electron chi connectivity index (χ2n) is 2.33. The van der Waals surface area contributed by atoms with E-state index >= 15 is 0 Å². The van der Waals surface area contributed by atoms with Crippen molar-refractivity contribution in [1.29, 1.82) is 0 Å². The molecule has 1 N–H and O–H groups in total. The van der Waals surface area contributed by atoms with Gasteiger partial charge in [0.1, 0.15) is 0 Å². The van der Waals surface area contributed by atoms with Crippen molar-refractivity contribution in [2.24, 2.45) is 0 Å². The Morgan fingerprint density at radius 2 is 2.58 bits per heavy atom. The summed E-state index contributed by atoms with van der Waals surface area (Å²) in [4.78, 5) is 14.1. The van der Waals surface area contributed by atoms with Gasteiger partial charge < -0.3 is 9.67 Å². The second kappa shape index (κ2) is 3.71. The zero-order valence-electron chi connectivity index (χ0n) is 6.77. The number of carboxylic acids is 1. The first-order valence-electron chi connectivity index (χ1n) is 3.60. The van der Waals surface area contributed by atoms with Gasteiger partial charge in [0, 0.05) is 12.7 Å². The maximum atomic E-state index is 10.4. The average molecular weight is 166 g/mol. The molecule has 0 aliphatic rings. The van der Waals surface area contributed by atoms with Gasteiger partial charge in [-0.15, -0.1) is 0 Å². The molecule has 1 rings (SSSR count). The van der Waals surface area contributed by atoms with Crippen LogP contribution in [0, 0.1) is 0 Å². The molecule has 0 saturated heterocycles. The molecular weight excluding hydrogens is 156 g/mol. The van der Waals surface area contributed by atoms with Gasteiger partial charge in [-0.3, -0.25) is 0 Å². The molecule has 0 fully saturated rings. The van der Waals surface area contributed by atoms with Crippen LogP contribution in [0.4, 0.5) is 0 Å². The number of hydrogen-bond acceptors (Lipinski definition) is 2. The molecule has 12 heavy (non-hydrogen) atoms. The third-order valence-electron chi connectivity index (χ3n) is 1.40. The van der Waals surface area contributed by atoms with Crippen LogP contribution in [0.25, 0.3) is 0 Å². The summed E-state index contributed by atoms with van der Waals surface area (Å²) in [6.07, 6.45) is 6.83. The molecule has 0 bridgehead atoms. The van der Waals surface area contributed by atoms with Gasteiger partial charge in [0.25, 0.3) is 0 Å². The van der Waals surface area contributed by atoms with E-state index in [1.165, 1.54) is 12.5 Å². The van der Waals surface area contributed by atoms with Crippen LogP contribution < -0.4 is 0 Å². The average Bonchev–Trinajstić information content (AvgIpc) is 2.48. The molecular formula is C8H10N2O2. The quantitative estimate of drug-likeness (QED) is 0.685. The minimum Gasteiger partial charge on any atom is -0.476 e. The summed E-state index contributed by atoms with van der Waals surface area (Å²) in [6, 6.07) is 0. The highest BCUT2D eigenvalue weighted by atomic mass is 16.4. The number of carbonyl (C=O) groups is 1. The first-order chi connectivity index (χ1) is 5.74. The number of hydrogen-bond donors (Lipinski definition) is 1. The predicted octanol–water partition coefficient (Wildman–Crippen LogP) is 1.16. The third kappa shape index (κ3) is 1.95. The molecule has 0 unspecified atom stereocenters. The predicted molar refractivity (Wildman–Crippen MR) is 44.0 cm³/mol. The van der Waals surface area contributed by atoms with Crippen LogP contribution in [0.5, 0.6) is 0 Å². The van der Waals surface area contributed by atoms with Gasteiger partial charge in [-0.05, 0) is 6.92 Å². The molecule has 1 aromatic heterocycles. The summed E-state index contributed by atoms with van der Waals surface area (Å²) in [5.41, 5.74) is 0.0829. The summed E-state index contributed by atoms with van der Waals surface area (Å²) in [6.45, 7) is 2.58. The number of nitrogens with zero attached hydrogens (tertiary/aromatic N) is 2. The highest BCUT2D eigenvalue weighted by Gasteiger charge is 2.04. The summed E-state index contributed by atoms with van der Waals surface area (Å²) < 4.78 is 1.71. The molecule has 0 aliphatic carbocycles. The minimum absolute atomic E-state index is 0.0829. The van der Waals surface area contributed by atoms with Crippen LogP contribution in [0.2, 0.25) is 0 Å². The topological polar surface area (TPSA) is 55.1 Å². The molecule has 0 radical (unpaired) electrons. The van der Waals surface area contributed by atoms with E-state index in [0.29, 0.717) is 6.54 Å². The van der Waals surface area contributed by atoms with E-state index in [1.54, 1.807) is 4.57 Å². The molecule has 4 heteroatoms. The maximum Gasteiger partial charge on any atom is 0.356 e. The largest absolute Gasteiger partial charge is 0.476 e. The van der Waals surface area contributed by atoms with Crippen LogP contribution in [0.3, 0.4) is 0 Å². The normalized spacial score (nSPS) is 10.8. The van der Waals surface area contributed by atoms with Crippen molar-refractivity contribution in [2.45, 2.75) is 13.5 Å². The number of imidazole rings is 1. The summed E-state index contributed by atoms with van der Waals surface area (Å²) >= 11 is 0. The van der Waals surface area contributed by atoms with Crippen molar-refractivity contribution in [3.63, 3.8) is 0 Å². The Balaban J connectivity index is 2.70. The van der Waals surface area contributed by atoms with E-state index < -0.39 is 5.97 Å². The van der Waals surface area contributed by atoms with Crippen molar-refractivity contribution < 1.29 is 9.90 Å². The first kappa shape index (κ1) is 8.52. The highest BCUT2D eigenvalue weighted by Crippen LogP contribution is 1.95. The smallest absolute Gasteiger partial charge is 0.356 e. The van der Waals surface area contributed by atoms with Gasteiger partial charge in [0.05, 0.1) is 6.33 Å². The fourth-order valence-electron chi connectivity index (χ4n) is 0.798. The zero-order valence-corrected chi connectivity index (χ0v) is 6.77. The van der Waals surface area contributed by atoms with Gasteiger partial charge in [0.15, 0.2) is 5.69 Å². The van der Waals surface area contributed by atoms with Crippen molar-refractivity contribution in [3.05, 3.63) is 30.4 Å². The SMILES string of the molecule is C/C=C/Cn1cnc(C(=O)O)c1. The number of aromatic carboxylic acids is 1. The standard InChI is InChI=1S/C8H10N2O2/c1-2-3-4-10-5-7(8(11)12)9-6-10/h2-3,5-6H,4H2,1H3,(H,11,12)/b3-2+. The summed E-state index contributed by atoms with van der Waals surface area (Å²) in [5.74, 6) is -0.991. The van der Waals surface area contributed by atoms with E-state index in [-0.39, 0.29) is 5.69 Å². The molecule has 0 atom stereocenters. The Hall–Kier alpha value is -1.58. The second-order valence-corrected chi connectivity index (χ2v) is 2.33.